The van der Waals surface area contributed by atoms with Crippen LogP contribution in [0.1, 0.15) is 0 Å². The van der Waals surface area contributed by atoms with E-state index in [9.17, 15) is 39.5 Å². The van der Waals surface area contributed by atoms with Gasteiger partial charge in [-0.05, 0) is 47.9 Å². The maximum absolute atomic E-state index is 11.8. The molecule has 0 spiro atoms. The van der Waals surface area contributed by atoms with E-state index in [4.69, 9.17) is 10.3 Å². The van der Waals surface area contributed by atoms with E-state index in [2.05, 4.69) is 10.2 Å². The third kappa shape index (κ3) is 5.86. The quantitative estimate of drug-likeness (QED) is 0.139. The van der Waals surface area contributed by atoms with Crippen molar-refractivity contribution in [3.8, 4) is 5.75 Å². The molecule has 0 aliphatic carbocycles. The smallest absolute Gasteiger partial charge is 0.296 e. The fourth-order valence-corrected chi connectivity index (χ4v) is 4.42. The summed E-state index contributed by atoms with van der Waals surface area (Å²) in [5.74, 6) is -0.868. The first kappa shape index (κ1) is 27.1. The number of phenols is 1. The summed E-state index contributed by atoms with van der Waals surface area (Å²) in [5, 5.41) is 17.3. The van der Waals surface area contributed by atoms with Crippen LogP contribution >= 0.6 is 0 Å². The molecule has 0 aliphatic heterocycles. The molecule has 0 bridgehead atoms. The summed E-state index contributed by atoms with van der Waals surface area (Å²) in [6.07, 6.45) is 0. The Balaban J connectivity index is 0.00000385. The summed E-state index contributed by atoms with van der Waals surface area (Å²) in [4.78, 5) is -2.07. The largest absolute Gasteiger partial charge is 0.505 e. The summed E-state index contributed by atoms with van der Waals surface area (Å²) in [7, 11) is -14.2. The predicted molar refractivity (Wildman–Crippen MR) is 116 cm³/mol. The molecule has 3 aromatic carbocycles. The van der Waals surface area contributed by atoms with E-state index >= 15 is 0 Å². The number of nitrogen functional groups attached to an aromatic ring is 1. The minimum atomic E-state index is -5.02. The zero-order chi connectivity index (χ0) is 24.1. The van der Waals surface area contributed by atoms with E-state index in [1.54, 1.807) is 0 Å². The van der Waals surface area contributed by atoms with Crippen LogP contribution < -0.4 is 5.73 Å². The number of rotatable bonds is 5. The van der Waals surface area contributed by atoms with E-state index in [-0.39, 0.29) is 51.7 Å². The van der Waals surface area contributed by atoms with Crippen molar-refractivity contribution in [3.05, 3.63) is 42.5 Å². The van der Waals surface area contributed by atoms with Crippen LogP contribution in [-0.4, -0.2) is 73.6 Å². The number of hydrogen-bond donors (Lipinski definition) is 5. The van der Waals surface area contributed by atoms with Gasteiger partial charge in [0.05, 0.1) is 15.5 Å². The molecular formula is C16H13N3NaO10S3. The van der Waals surface area contributed by atoms with Gasteiger partial charge >= 0.3 is 0 Å². The summed E-state index contributed by atoms with van der Waals surface area (Å²) in [6.45, 7) is 0. The number of aromatic hydroxyl groups is 1. The van der Waals surface area contributed by atoms with Crippen LogP contribution in [-0.2, 0) is 30.4 Å². The molecule has 0 heterocycles. The maximum Gasteiger partial charge on any atom is 0.296 e. The number of hydrogen-bond acceptors (Lipinski definition) is 10. The third-order valence-corrected chi connectivity index (χ3v) is 6.70. The first-order valence-corrected chi connectivity index (χ1v) is 12.4. The molecule has 0 saturated heterocycles. The molecule has 0 unspecified atom stereocenters. The van der Waals surface area contributed by atoms with E-state index < -0.39 is 56.5 Å². The van der Waals surface area contributed by atoms with Gasteiger partial charge in [-0.25, -0.2) is 0 Å². The number of fused-ring (bicyclic) bond motifs is 1. The fourth-order valence-electron chi connectivity index (χ4n) is 2.73. The average molecular weight is 526 g/mol. The predicted octanol–water partition coefficient (Wildman–Crippen LogP) is 1.90. The van der Waals surface area contributed by atoms with Crippen molar-refractivity contribution in [1.29, 1.82) is 0 Å². The van der Waals surface area contributed by atoms with Gasteiger partial charge in [0, 0.05) is 40.6 Å². The van der Waals surface area contributed by atoms with Crippen molar-refractivity contribution in [3.63, 3.8) is 0 Å². The Hall–Kier alpha value is -2.15. The van der Waals surface area contributed by atoms with Crippen molar-refractivity contribution >= 4 is 87.7 Å². The molecule has 1 radical (unpaired) electrons. The minimum Gasteiger partial charge on any atom is -0.505 e. The Morgan fingerprint density at radius 2 is 1.27 bits per heavy atom. The van der Waals surface area contributed by atoms with Crippen molar-refractivity contribution in [2.45, 2.75) is 14.7 Å². The molecule has 0 fully saturated rings. The van der Waals surface area contributed by atoms with Gasteiger partial charge in [-0.15, -0.1) is 5.11 Å². The van der Waals surface area contributed by atoms with Crippen molar-refractivity contribution in [2.75, 3.05) is 5.73 Å². The Bertz CT molecular complexity index is 1600. The van der Waals surface area contributed by atoms with Crippen molar-refractivity contribution in [2.24, 2.45) is 10.2 Å². The summed E-state index contributed by atoms with van der Waals surface area (Å²) in [6, 6.07) is 6.62. The minimum absolute atomic E-state index is 0. The van der Waals surface area contributed by atoms with Crippen LogP contribution in [0.15, 0.2) is 67.4 Å². The van der Waals surface area contributed by atoms with Gasteiger partial charge in [-0.2, -0.15) is 30.4 Å². The van der Waals surface area contributed by atoms with Gasteiger partial charge in [0.1, 0.15) is 10.6 Å². The zero-order valence-corrected chi connectivity index (χ0v) is 20.9. The molecule has 0 aliphatic rings. The molecule has 0 aromatic heterocycles. The second kappa shape index (κ2) is 9.24. The summed E-state index contributed by atoms with van der Waals surface area (Å²) < 4.78 is 96.3. The van der Waals surface area contributed by atoms with Crippen LogP contribution in [0.25, 0.3) is 10.8 Å². The van der Waals surface area contributed by atoms with Crippen LogP contribution in [0.2, 0.25) is 0 Å². The number of benzene rings is 3. The normalized spacial score (nSPS) is 12.7. The Morgan fingerprint density at radius 1 is 0.727 bits per heavy atom. The van der Waals surface area contributed by atoms with E-state index in [0.29, 0.717) is 0 Å². The number of azo groups is 1. The van der Waals surface area contributed by atoms with E-state index in [1.165, 1.54) is 0 Å². The summed E-state index contributed by atoms with van der Waals surface area (Å²) in [5.41, 5.74) is 4.62. The first-order valence-electron chi connectivity index (χ1n) is 8.12. The molecule has 17 heteroatoms. The van der Waals surface area contributed by atoms with E-state index in [0.717, 1.165) is 42.5 Å². The van der Waals surface area contributed by atoms with Crippen molar-refractivity contribution < 1.29 is 44.0 Å². The number of nitrogens with two attached hydrogens (primary N) is 1. The van der Waals surface area contributed by atoms with Gasteiger partial charge in [0.15, 0.2) is 5.75 Å². The Labute approximate surface area is 209 Å². The monoisotopic (exact) mass is 526 g/mol. The van der Waals surface area contributed by atoms with Gasteiger partial charge < -0.3 is 10.8 Å². The molecule has 3 aromatic rings. The molecule has 3 rings (SSSR count). The first-order chi connectivity index (χ1) is 14.6. The van der Waals surface area contributed by atoms with Crippen LogP contribution in [0.3, 0.4) is 0 Å². The van der Waals surface area contributed by atoms with Crippen LogP contribution in [0.4, 0.5) is 17.1 Å². The van der Waals surface area contributed by atoms with Gasteiger partial charge in [-0.3, -0.25) is 13.7 Å². The SMILES string of the molecule is Nc1cc(S(=O)(=O)O)cc2cc(S(=O)(=O)O)c(N=Nc3ccc(S(=O)(=O)O)cc3)c(O)c12.[Na]. The van der Waals surface area contributed by atoms with Gasteiger partial charge in [0.25, 0.3) is 30.4 Å². The molecular weight excluding hydrogens is 513 g/mol. The van der Waals surface area contributed by atoms with Crippen molar-refractivity contribution in [1.82, 2.24) is 0 Å². The molecule has 171 valence electrons. The standard InChI is InChI=1S/C16H13N3O10S3.Na/c17-12-7-11(31(24,25)26)5-8-6-13(32(27,28)29)15(16(20)14(8)12)19-18-9-1-3-10(4-2-9)30(21,22)23;/h1-7,20H,17H2,(H,21,22,23)(H,24,25,26)(H,27,28,29);. The number of nitrogens with zero attached hydrogens (tertiary/aromatic N) is 2. The average Bonchev–Trinajstić information content (AvgIpc) is 2.64. The molecule has 33 heavy (non-hydrogen) atoms. The molecule has 0 atom stereocenters. The van der Waals surface area contributed by atoms with Crippen LogP contribution in [0, 0.1) is 0 Å². The Morgan fingerprint density at radius 3 is 1.76 bits per heavy atom. The zero-order valence-electron chi connectivity index (χ0n) is 16.5. The second-order valence-electron chi connectivity index (χ2n) is 6.30. The molecule has 0 amide bonds. The molecule has 0 saturated carbocycles. The second-order valence-corrected chi connectivity index (χ2v) is 10.5. The van der Waals surface area contributed by atoms with Gasteiger partial charge in [0.2, 0.25) is 0 Å². The third-order valence-electron chi connectivity index (χ3n) is 4.13. The maximum atomic E-state index is 11.8. The molecule has 13 nitrogen and oxygen atoms in total. The van der Waals surface area contributed by atoms with Gasteiger partial charge in [-0.1, -0.05) is 0 Å². The molecule has 6 N–H and O–H groups in total. The fraction of sp³-hybridized carbons (Fsp3) is 0. The summed E-state index contributed by atoms with van der Waals surface area (Å²) >= 11 is 0. The number of phenolic OH excluding ortho intramolecular Hbond substituents is 1. The Kier molecular flexibility index (Phi) is 7.59. The topological polar surface area (TPSA) is 234 Å². The van der Waals surface area contributed by atoms with Crippen LogP contribution in [0.5, 0.6) is 5.75 Å². The number of anilines is 1. The van der Waals surface area contributed by atoms with E-state index in [1.807, 2.05) is 0 Å².